The Balaban J connectivity index is 2.47. The molecule has 54 valence electrons. The molecule has 0 aromatic carbocycles. The second kappa shape index (κ2) is 2.36. The molecule has 0 saturated carbocycles. The van der Waals surface area contributed by atoms with Crippen LogP contribution in [-0.4, -0.2) is 29.8 Å². The van der Waals surface area contributed by atoms with E-state index in [0.29, 0.717) is 5.75 Å². The van der Waals surface area contributed by atoms with Crippen LogP contribution in [0.3, 0.4) is 0 Å². The van der Waals surface area contributed by atoms with Gasteiger partial charge in [0, 0.05) is 16.7 Å². The van der Waals surface area contributed by atoms with E-state index in [-0.39, 0.29) is 12.6 Å². The minimum absolute atomic E-state index is 0.0465. The van der Waals surface area contributed by atoms with Crippen LogP contribution in [0, 0.1) is 0 Å². The highest BCUT2D eigenvalue weighted by Crippen LogP contribution is 2.26. The van der Waals surface area contributed by atoms with E-state index in [2.05, 4.69) is 4.72 Å². The van der Waals surface area contributed by atoms with Gasteiger partial charge in [0.15, 0.2) is 0 Å². The van der Waals surface area contributed by atoms with E-state index in [4.69, 9.17) is 5.11 Å². The summed E-state index contributed by atoms with van der Waals surface area (Å²) in [6, 6.07) is -0.0532. The molecule has 0 amide bonds. The highest BCUT2D eigenvalue weighted by molar-refractivity contribution is 8.04. The number of hydrogen-bond acceptors (Lipinski definition) is 2. The van der Waals surface area contributed by atoms with Gasteiger partial charge < -0.3 is 9.83 Å². The van der Waals surface area contributed by atoms with E-state index in [1.807, 2.05) is 0 Å². The molecule has 0 aliphatic carbocycles. The van der Waals surface area contributed by atoms with E-state index in [9.17, 15) is 4.21 Å². The van der Waals surface area contributed by atoms with E-state index in [0.717, 1.165) is 6.42 Å². The summed E-state index contributed by atoms with van der Waals surface area (Å²) in [5.41, 5.74) is 0. The normalized spacial score (nSPS) is 43.6. The Labute approximate surface area is 56.0 Å². The summed E-state index contributed by atoms with van der Waals surface area (Å²) >= 11 is 0. The largest absolute Gasteiger partial charge is 0.421 e. The number of nitrogens with zero attached hydrogens (tertiary/aromatic N) is 1. The van der Waals surface area contributed by atoms with Gasteiger partial charge in [-0.15, -0.1) is 4.21 Å². The van der Waals surface area contributed by atoms with Gasteiger partial charge in [0.1, 0.15) is 0 Å². The predicted octanol–water partition coefficient (Wildman–Crippen LogP) is 0.169. The summed E-state index contributed by atoms with van der Waals surface area (Å²) in [5, 5.41) is 8.58. The third kappa shape index (κ3) is 1.74. The van der Waals surface area contributed by atoms with Gasteiger partial charge in [0.2, 0.25) is 0 Å². The van der Waals surface area contributed by atoms with Crippen molar-refractivity contribution in [2.24, 2.45) is 0 Å². The van der Waals surface area contributed by atoms with Crippen molar-refractivity contribution in [3.63, 3.8) is 0 Å². The molecule has 1 saturated heterocycles. The fraction of sp³-hybridized carbons (Fsp3) is 1.00. The minimum Gasteiger partial charge on any atom is -0.421 e. The summed E-state index contributed by atoms with van der Waals surface area (Å²) in [4.78, 5) is 0. The predicted molar refractivity (Wildman–Crippen MR) is 37.7 cm³/mol. The number of rotatable bonds is 1. The lowest BCUT2D eigenvalue weighted by atomic mass is 10.3. The molecule has 1 rings (SSSR count). The first-order valence-electron chi connectivity index (χ1n) is 2.94. The quantitative estimate of drug-likeness (QED) is 0.540. The molecule has 3 nitrogen and oxygen atoms in total. The van der Waals surface area contributed by atoms with Gasteiger partial charge in [-0.2, -0.15) is 0 Å². The molecule has 1 aliphatic rings. The summed E-state index contributed by atoms with van der Waals surface area (Å²) in [7, 11) is -1.89. The van der Waals surface area contributed by atoms with Gasteiger partial charge in [-0.25, -0.2) is 0 Å². The van der Waals surface area contributed by atoms with E-state index in [1.165, 1.54) is 0 Å². The summed E-state index contributed by atoms with van der Waals surface area (Å²) in [6.45, 7) is 0.0465. The topological polar surface area (TPSA) is 51.4 Å². The minimum atomic E-state index is -1.89. The van der Waals surface area contributed by atoms with Crippen LogP contribution in [0.25, 0.3) is 4.72 Å². The maximum atomic E-state index is 11.1. The second-order valence-electron chi connectivity index (χ2n) is 2.39. The highest BCUT2D eigenvalue weighted by atomic mass is 32.3. The van der Waals surface area contributed by atoms with Crippen molar-refractivity contribution in [2.45, 2.75) is 12.5 Å². The van der Waals surface area contributed by atoms with E-state index >= 15 is 0 Å². The molecule has 4 heteroatoms. The van der Waals surface area contributed by atoms with Crippen molar-refractivity contribution >= 4 is 10.1 Å². The molecule has 0 aromatic heterocycles. The Bertz CT molecular complexity index is 148. The van der Waals surface area contributed by atoms with Crippen LogP contribution in [0.15, 0.2) is 0 Å². The molecule has 0 spiro atoms. The molecule has 1 heterocycles. The lowest BCUT2D eigenvalue weighted by Crippen LogP contribution is -2.07. The molecule has 0 radical (unpaired) electrons. The number of hydrogen-bond donors (Lipinski definition) is 1. The molecule has 1 aliphatic heterocycles. The summed E-state index contributed by atoms with van der Waals surface area (Å²) in [6.07, 6.45) is 2.43. The molecule has 1 N–H and O–H groups in total. The first-order valence-corrected chi connectivity index (χ1v) is 5.03. The van der Waals surface area contributed by atoms with Gasteiger partial charge in [-0.1, -0.05) is 6.04 Å². The lowest BCUT2D eigenvalue weighted by Gasteiger charge is -2.15. The molecular weight excluding hydrogens is 138 g/mol. The smallest absolute Gasteiger partial charge is 0.0987 e. The standard InChI is InChI=1S/C5H11NO2S/c1-9(8)3-2-5(4-7)6-9/h5,7H,2-4H2,1H3/t5-,9?/m0/s1. The monoisotopic (exact) mass is 149 g/mol. The van der Waals surface area contributed by atoms with Crippen LogP contribution in [0.4, 0.5) is 0 Å². The van der Waals surface area contributed by atoms with Crippen LogP contribution in [0.1, 0.15) is 6.42 Å². The van der Waals surface area contributed by atoms with E-state index in [1.54, 1.807) is 6.26 Å². The average Bonchev–Trinajstić information content (AvgIpc) is 2.10. The Hall–Kier alpha value is 0.0700. The van der Waals surface area contributed by atoms with Gasteiger partial charge in [-0.05, 0) is 6.42 Å². The van der Waals surface area contributed by atoms with Crippen LogP contribution in [-0.2, 0) is 14.3 Å². The van der Waals surface area contributed by atoms with Gasteiger partial charge in [0.05, 0.1) is 12.0 Å². The zero-order valence-corrected chi connectivity index (χ0v) is 6.23. The molecule has 9 heavy (non-hydrogen) atoms. The molecule has 2 atom stereocenters. The summed E-state index contributed by atoms with van der Waals surface area (Å²) < 4.78 is 15.0. The maximum Gasteiger partial charge on any atom is 0.0987 e. The van der Waals surface area contributed by atoms with Gasteiger partial charge in [-0.3, -0.25) is 0 Å². The van der Waals surface area contributed by atoms with Crippen LogP contribution in [0.2, 0.25) is 0 Å². The number of aliphatic hydroxyl groups excluding tert-OH is 1. The Morgan fingerprint density at radius 3 is 2.78 bits per heavy atom. The van der Waals surface area contributed by atoms with Crippen molar-refractivity contribution in [1.82, 2.24) is 0 Å². The Morgan fingerprint density at radius 1 is 1.89 bits per heavy atom. The van der Waals surface area contributed by atoms with Crippen molar-refractivity contribution in [3.8, 4) is 0 Å². The van der Waals surface area contributed by atoms with Gasteiger partial charge >= 0.3 is 0 Å². The summed E-state index contributed by atoms with van der Waals surface area (Å²) in [5.74, 6) is 0.651. The van der Waals surface area contributed by atoms with Crippen molar-refractivity contribution < 1.29 is 9.32 Å². The molecule has 1 fully saturated rings. The first kappa shape index (κ1) is 7.18. The van der Waals surface area contributed by atoms with Crippen molar-refractivity contribution in [3.05, 3.63) is 4.72 Å². The Morgan fingerprint density at radius 2 is 2.56 bits per heavy atom. The zero-order chi connectivity index (χ0) is 6.91. The highest BCUT2D eigenvalue weighted by Gasteiger charge is 2.22. The fourth-order valence-electron chi connectivity index (χ4n) is 0.900. The third-order valence-corrected chi connectivity index (χ3v) is 3.15. The van der Waals surface area contributed by atoms with Gasteiger partial charge in [0.25, 0.3) is 0 Å². The average molecular weight is 149 g/mol. The third-order valence-electron chi connectivity index (χ3n) is 1.41. The lowest BCUT2D eigenvalue weighted by molar-refractivity contribution is 0.280. The zero-order valence-electron chi connectivity index (χ0n) is 5.41. The van der Waals surface area contributed by atoms with Crippen LogP contribution in [0.5, 0.6) is 0 Å². The Kier molecular flexibility index (Phi) is 1.88. The van der Waals surface area contributed by atoms with Crippen molar-refractivity contribution in [1.29, 1.82) is 0 Å². The second-order valence-corrected chi connectivity index (χ2v) is 4.93. The maximum absolute atomic E-state index is 11.1. The molecular formula is C5H11NO2S. The number of aliphatic hydroxyl groups is 1. The van der Waals surface area contributed by atoms with E-state index < -0.39 is 10.1 Å². The first-order chi connectivity index (χ1) is 4.14. The van der Waals surface area contributed by atoms with Crippen molar-refractivity contribution in [2.75, 3.05) is 18.6 Å². The molecule has 1 unspecified atom stereocenters. The van der Waals surface area contributed by atoms with Crippen LogP contribution >= 0.6 is 0 Å². The molecule has 0 bridgehead atoms. The van der Waals surface area contributed by atoms with Crippen LogP contribution < -0.4 is 0 Å². The SMILES string of the molecule is C[S+]1(=O)CC[C@@H](CO)[N-]1. The fourth-order valence-corrected chi connectivity index (χ4v) is 2.52. The molecule has 0 aromatic rings.